The van der Waals surface area contributed by atoms with Gasteiger partial charge in [0.15, 0.2) is 0 Å². The van der Waals surface area contributed by atoms with Crippen LogP contribution in [-0.2, 0) is 27.2 Å². The third kappa shape index (κ3) is 14.9. The van der Waals surface area contributed by atoms with Crippen LogP contribution < -0.4 is 11.1 Å². The average molecular weight is 523 g/mol. The third-order valence-electron chi connectivity index (χ3n) is 5.73. The SMILES string of the molecule is CCCCCCCc1cccc(C/C=C/[C@H](SC[C@H](N)C(=O)NCC(=O)O)[C@H](O)CCCC(=O)O)c1. The Bertz CT molecular complexity index is 832. The van der Waals surface area contributed by atoms with Gasteiger partial charge in [0.2, 0.25) is 5.91 Å². The lowest BCUT2D eigenvalue weighted by Gasteiger charge is -2.21. The standard InChI is InChI=1S/C27H42N2O6S/c1-2-3-4-5-6-10-20-11-7-12-21(17-20)13-8-15-24(23(30)14-9-16-25(31)32)36-19-22(28)27(35)29-18-26(33)34/h7-8,11-12,15,17,22-24,30H,2-6,9-10,13-14,16,18-19,28H2,1H3,(H,29,35)(H,31,32)(H,33,34)/b15-8+/t22-,23+,24-/m0/s1. The molecular weight excluding hydrogens is 480 g/mol. The summed E-state index contributed by atoms with van der Waals surface area (Å²) in [5.41, 5.74) is 8.37. The summed E-state index contributed by atoms with van der Waals surface area (Å²) in [6.07, 6.45) is 11.7. The largest absolute Gasteiger partial charge is 0.481 e. The normalized spacial score (nSPS) is 13.9. The van der Waals surface area contributed by atoms with Crippen molar-refractivity contribution in [3.05, 3.63) is 47.5 Å². The third-order valence-corrected chi connectivity index (χ3v) is 7.14. The van der Waals surface area contributed by atoms with E-state index in [1.807, 2.05) is 12.2 Å². The van der Waals surface area contributed by atoms with Crippen molar-refractivity contribution in [1.82, 2.24) is 5.32 Å². The van der Waals surface area contributed by atoms with Crippen LogP contribution in [0.5, 0.6) is 0 Å². The molecule has 3 atom stereocenters. The Morgan fingerprint density at radius 2 is 1.78 bits per heavy atom. The number of aliphatic carboxylic acids is 2. The molecule has 6 N–H and O–H groups in total. The number of nitrogens with one attached hydrogen (secondary N) is 1. The highest BCUT2D eigenvalue weighted by Crippen LogP contribution is 2.22. The van der Waals surface area contributed by atoms with Crippen LogP contribution in [0.3, 0.4) is 0 Å². The van der Waals surface area contributed by atoms with Crippen molar-refractivity contribution in [1.29, 1.82) is 0 Å². The minimum absolute atomic E-state index is 0.0273. The number of aliphatic hydroxyl groups is 1. The fourth-order valence-electron chi connectivity index (χ4n) is 3.69. The van der Waals surface area contributed by atoms with E-state index in [0.29, 0.717) is 19.3 Å². The van der Waals surface area contributed by atoms with Crippen molar-refractivity contribution >= 4 is 29.6 Å². The molecule has 1 rings (SSSR count). The molecule has 1 aromatic rings. The summed E-state index contributed by atoms with van der Waals surface area (Å²) >= 11 is 1.30. The highest BCUT2D eigenvalue weighted by atomic mass is 32.2. The Morgan fingerprint density at radius 3 is 2.47 bits per heavy atom. The zero-order valence-electron chi connectivity index (χ0n) is 21.2. The smallest absolute Gasteiger partial charge is 0.322 e. The highest BCUT2D eigenvalue weighted by Gasteiger charge is 2.21. The molecule has 0 aliphatic carbocycles. The van der Waals surface area contributed by atoms with Gasteiger partial charge < -0.3 is 26.4 Å². The van der Waals surface area contributed by atoms with Gasteiger partial charge in [0, 0.05) is 17.4 Å². The van der Waals surface area contributed by atoms with E-state index >= 15 is 0 Å². The van der Waals surface area contributed by atoms with Gasteiger partial charge in [-0.25, -0.2) is 0 Å². The molecule has 0 spiro atoms. The zero-order chi connectivity index (χ0) is 26.8. The summed E-state index contributed by atoms with van der Waals surface area (Å²) in [5, 5.41) is 30.1. The Balaban J connectivity index is 2.70. The van der Waals surface area contributed by atoms with Crippen molar-refractivity contribution in [2.75, 3.05) is 12.3 Å². The predicted octanol–water partition coefficient (Wildman–Crippen LogP) is 3.54. The quantitative estimate of drug-likeness (QED) is 0.129. The van der Waals surface area contributed by atoms with Crippen LogP contribution in [0.15, 0.2) is 36.4 Å². The molecule has 0 radical (unpaired) electrons. The van der Waals surface area contributed by atoms with Gasteiger partial charge in [-0.1, -0.05) is 69.0 Å². The van der Waals surface area contributed by atoms with Crippen molar-refractivity contribution in [3.8, 4) is 0 Å². The van der Waals surface area contributed by atoms with Crippen LogP contribution in [-0.4, -0.2) is 62.9 Å². The summed E-state index contributed by atoms with van der Waals surface area (Å²) in [6, 6.07) is 7.56. The van der Waals surface area contributed by atoms with Crippen LogP contribution in [0.1, 0.15) is 69.4 Å². The average Bonchev–Trinajstić information content (AvgIpc) is 2.84. The molecule has 9 heteroatoms. The first-order valence-electron chi connectivity index (χ1n) is 12.7. The number of hydrogen-bond donors (Lipinski definition) is 5. The fraction of sp³-hybridized carbons (Fsp3) is 0.593. The lowest BCUT2D eigenvalue weighted by molar-refractivity contribution is -0.138. The molecule has 0 bridgehead atoms. The summed E-state index contributed by atoms with van der Waals surface area (Å²) in [5.74, 6) is -2.45. The van der Waals surface area contributed by atoms with Gasteiger partial charge in [0.05, 0.1) is 12.1 Å². The summed E-state index contributed by atoms with van der Waals surface area (Å²) < 4.78 is 0. The van der Waals surface area contributed by atoms with E-state index < -0.39 is 36.5 Å². The number of thioether (sulfide) groups is 1. The molecule has 0 fully saturated rings. The molecular formula is C27H42N2O6S. The number of amides is 1. The number of aliphatic hydroxyl groups excluding tert-OH is 1. The van der Waals surface area contributed by atoms with Gasteiger partial charge in [-0.05, 0) is 43.2 Å². The van der Waals surface area contributed by atoms with E-state index in [4.69, 9.17) is 15.9 Å². The van der Waals surface area contributed by atoms with E-state index in [0.717, 1.165) is 6.42 Å². The number of carbonyl (C=O) groups excluding carboxylic acids is 1. The molecule has 0 saturated heterocycles. The molecule has 0 aliphatic heterocycles. The summed E-state index contributed by atoms with van der Waals surface area (Å²) in [6.45, 7) is 1.71. The predicted molar refractivity (Wildman–Crippen MR) is 144 cm³/mol. The van der Waals surface area contributed by atoms with E-state index in [1.54, 1.807) is 0 Å². The number of carbonyl (C=O) groups is 3. The van der Waals surface area contributed by atoms with Crippen molar-refractivity contribution in [2.24, 2.45) is 5.73 Å². The molecule has 36 heavy (non-hydrogen) atoms. The maximum Gasteiger partial charge on any atom is 0.322 e. The first-order valence-corrected chi connectivity index (χ1v) is 13.8. The monoisotopic (exact) mass is 522 g/mol. The number of hydrogen-bond acceptors (Lipinski definition) is 6. The first kappa shape index (κ1) is 31.7. The van der Waals surface area contributed by atoms with Crippen molar-refractivity contribution in [3.63, 3.8) is 0 Å². The Labute approximate surface area is 218 Å². The lowest BCUT2D eigenvalue weighted by atomic mass is 10.0. The molecule has 0 aliphatic rings. The minimum Gasteiger partial charge on any atom is -0.481 e. The summed E-state index contributed by atoms with van der Waals surface area (Å²) in [4.78, 5) is 33.4. The maximum atomic E-state index is 12.0. The van der Waals surface area contributed by atoms with Crippen LogP contribution in [0.2, 0.25) is 0 Å². The number of carboxylic acid groups (broad SMARTS) is 2. The number of nitrogens with two attached hydrogens (primary N) is 1. The van der Waals surface area contributed by atoms with Crippen LogP contribution >= 0.6 is 11.8 Å². The summed E-state index contributed by atoms with van der Waals surface area (Å²) in [7, 11) is 0. The molecule has 8 nitrogen and oxygen atoms in total. The molecule has 1 aromatic carbocycles. The zero-order valence-corrected chi connectivity index (χ0v) is 22.0. The minimum atomic E-state index is -1.15. The maximum absolute atomic E-state index is 12.0. The van der Waals surface area contributed by atoms with Gasteiger partial charge in [0.1, 0.15) is 6.54 Å². The highest BCUT2D eigenvalue weighted by molar-refractivity contribution is 8.00. The fourth-order valence-corrected chi connectivity index (χ4v) is 4.85. The second-order valence-electron chi connectivity index (χ2n) is 8.99. The number of aryl methyl sites for hydroxylation is 1. The van der Waals surface area contributed by atoms with Gasteiger partial charge in [-0.2, -0.15) is 0 Å². The van der Waals surface area contributed by atoms with E-state index in [-0.39, 0.29) is 17.4 Å². The topological polar surface area (TPSA) is 150 Å². The van der Waals surface area contributed by atoms with Gasteiger partial charge in [-0.15, -0.1) is 11.8 Å². The molecule has 1 amide bonds. The Kier molecular flexibility index (Phi) is 16.6. The van der Waals surface area contributed by atoms with Crippen molar-refractivity contribution < 1.29 is 29.7 Å². The van der Waals surface area contributed by atoms with E-state index in [2.05, 4.69) is 36.5 Å². The van der Waals surface area contributed by atoms with Crippen LogP contribution in [0, 0.1) is 0 Å². The number of rotatable bonds is 20. The molecule has 0 saturated carbocycles. The second kappa shape index (κ2) is 18.8. The second-order valence-corrected chi connectivity index (χ2v) is 10.2. The van der Waals surface area contributed by atoms with Crippen molar-refractivity contribution in [2.45, 2.75) is 88.5 Å². The van der Waals surface area contributed by atoms with Crippen LogP contribution in [0.25, 0.3) is 0 Å². The molecule has 0 unspecified atom stereocenters. The van der Waals surface area contributed by atoms with Gasteiger partial charge in [-0.3, -0.25) is 14.4 Å². The lowest BCUT2D eigenvalue weighted by Crippen LogP contribution is -2.44. The Hall–Kier alpha value is -2.36. The molecule has 202 valence electrons. The first-order chi connectivity index (χ1) is 17.2. The van der Waals surface area contributed by atoms with Crippen LogP contribution in [0.4, 0.5) is 0 Å². The van der Waals surface area contributed by atoms with Gasteiger partial charge >= 0.3 is 11.9 Å². The molecule has 0 heterocycles. The number of allylic oxidation sites excluding steroid dienone is 1. The number of carboxylic acids is 2. The molecule has 0 aromatic heterocycles. The number of unbranched alkanes of at least 4 members (excludes halogenated alkanes) is 4. The van der Waals surface area contributed by atoms with E-state index in [1.165, 1.54) is 55.0 Å². The Morgan fingerprint density at radius 1 is 1.06 bits per heavy atom. The van der Waals surface area contributed by atoms with Gasteiger partial charge in [0.25, 0.3) is 0 Å². The van der Waals surface area contributed by atoms with E-state index in [9.17, 15) is 19.5 Å². The number of benzene rings is 1.